The van der Waals surface area contributed by atoms with Crippen molar-refractivity contribution in [2.75, 3.05) is 20.3 Å². The fourth-order valence-corrected chi connectivity index (χ4v) is 2.27. The lowest BCUT2D eigenvalue weighted by molar-refractivity contribution is -0.118. The fraction of sp³-hybridized carbons (Fsp3) is 0.312. The van der Waals surface area contributed by atoms with Crippen molar-refractivity contribution in [3.05, 3.63) is 46.8 Å². The number of rotatable bonds is 6. The number of carbonyl (C=O) groups excluding carboxylic acids is 3. The third kappa shape index (κ3) is 3.23. The largest absolute Gasteiger partial charge is 0.385 e. The molecule has 0 aliphatic heterocycles. The Hall–Kier alpha value is -2.47. The van der Waals surface area contributed by atoms with Crippen LogP contribution in [0.1, 0.15) is 34.1 Å². The first-order valence-corrected chi connectivity index (χ1v) is 6.99. The molecule has 0 unspecified atom stereocenters. The van der Waals surface area contributed by atoms with E-state index >= 15 is 0 Å². The number of allylic oxidation sites excluding steroid dienone is 2. The second-order valence-corrected chi connectivity index (χ2v) is 4.91. The van der Waals surface area contributed by atoms with Gasteiger partial charge in [0.1, 0.15) is 11.4 Å². The quantitative estimate of drug-likeness (QED) is 0.767. The van der Waals surface area contributed by atoms with Crippen LogP contribution < -0.4 is 10.6 Å². The van der Waals surface area contributed by atoms with Crippen molar-refractivity contribution in [1.29, 1.82) is 0 Å². The number of amides is 1. The van der Waals surface area contributed by atoms with E-state index in [9.17, 15) is 14.4 Å². The van der Waals surface area contributed by atoms with Crippen molar-refractivity contribution in [3.63, 3.8) is 0 Å². The molecule has 2 N–H and O–H groups in total. The van der Waals surface area contributed by atoms with E-state index in [0.717, 1.165) is 0 Å². The van der Waals surface area contributed by atoms with Crippen LogP contribution in [0.2, 0.25) is 0 Å². The first kappa shape index (κ1) is 15.9. The van der Waals surface area contributed by atoms with Crippen LogP contribution in [-0.4, -0.2) is 37.7 Å². The minimum absolute atomic E-state index is 0.00798. The summed E-state index contributed by atoms with van der Waals surface area (Å²) >= 11 is 0. The van der Waals surface area contributed by atoms with Crippen LogP contribution in [0.5, 0.6) is 0 Å². The molecular formula is C16H18N2O4. The lowest BCUT2D eigenvalue weighted by Gasteiger charge is -2.22. The molecule has 1 aliphatic carbocycles. The van der Waals surface area contributed by atoms with E-state index in [1.807, 2.05) is 0 Å². The van der Waals surface area contributed by atoms with Crippen molar-refractivity contribution in [3.8, 4) is 0 Å². The molecule has 22 heavy (non-hydrogen) atoms. The Labute approximate surface area is 128 Å². The zero-order valence-electron chi connectivity index (χ0n) is 12.6. The highest BCUT2D eigenvalue weighted by Crippen LogP contribution is 2.23. The van der Waals surface area contributed by atoms with E-state index in [4.69, 9.17) is 4.74 Å². The highest BCUT2D eigenvalue weighted by molar-refractivity contribution is 6.27. The van der Waals surface area contributed by atoms with Crippen molar-refractivity contribution >= 4 is 17.5 Å². The average molecular weight is 302 g/mol. The Morgan fingerprint density at radius 3 is 2.23 bits per heavy atom. The third-order valence-corrected chi connectivity index (χ3v) is 3.25. The van der Waals surface area contributed by atoms with Gasteiger partial charge in [-0.2, -0.15) is 0 Å². The Balaban J connectivity index is 2.35. The first-order chi connectivity index (χ1) is 10.6. The van der Waals surface area contributed by atoms with E-state index < -0.39 is 5.91 Å². The van der Waals surface area contributed by atoms with E-state index in [1.54, 1.807) is 31.4 Å². The summed E-state index contributed by atoms with van der Waals surface area (Å²) in [6.45, 7) is 2.30. The molecule has 116 valence electrons. The van der Waals surface area contributed by atoms with Gasteiger partial charge in [-0.3, -0.25) is 14.4 Å². The molecule has 0 saturated carbocycles. The maximum absolute atomic E-state index is 12.6. The van der Waals surface area contributed by atoms with Gasteiger partial charge in [0, 0.05) is 38.3 Å². The van der Waals surface area contributed by atoms with Gasteiger partial charge >= 0.3 is 0 Å². The predicted molar refractivity (Wildman–Crippen MR) is 80.4 cm³/mol. The average Bonchev–Trinajstić information content (AvgIpc) is 2.51. The van der Waals surface area contributed by atoms with E-state index in [1.165, 1.54) is 6.92 Å². The molecule has 6 heteroatoms. The molecule has 1 aliphatic rings. The van der Waals surface area contributed by atoms with Gasteiger partial charge < -0.3 is 15.4 Å². The summed E-state index contributed by atoms with van der Waals surface area (Å²) < 4.78 is 4.95. The summed E-state index contributed by atoms with van der Waals surface area (Å²) in [5.74, 6) is -1.05. The summed E-state index contributed by atoms with van der Waals surface area (Å²) in [7, 11) is 1.59. The number of fused-ring (bicyclic) bond motifs is 1. The van der Waals surface area contributed by atoms with Crippen LogP contribution in [0.4, 0.5) is 0 Å². The molecule has 6 nitrogen and oxygen atoms in total. The van der Waals surface area contributed by atoms with Crippen molar-refractivity contribution in [2.45, 2.75) is 13.3 Å². The number of carbonyl (C=O) groups is 3. The number of ether oxygens (including phenoxy) is 1. The SMILES string of the molecule is COCCCNC1=C(NC(C)=O)C(=O)c2ccccc2C1=O. The smallest absolute Gasteiger partial charge is 0.221 e. The Morgan fingerprint density at radius 1 is 1.09 bits per heavy atom. The third-order valence-electron chi connectivity index (χ3n) is 3.25. The maximum atomic E-state index is 12.6. The van der Waals surface area contributed by atoms with Crippen molar-refractivity contribution in [2.24, 2.45) is 0 Å². The van der Waals surface area contributed by atoms with Gasteiger partial charge in [-0.05, 0) is 6.42 Å². The topological polar surface area (TPSA) is 84.5 Å². The highest BCUT2D eigenvalue weighted by atomic mass is 16.5. The number of ketones is 2. The van der Waals surface area contributed by atoms with E-state index in [0.29, 0.717) is 30.7 Å². The molecular weight excluding hydrogens is 284 g/mol. The van der Waals surface area contributed by atoms with Crippen molar-refractivity contribution in [1.82, 2.24) is 10.6 Å². The molecule has 1 amide bonds. The normalized spacial score (nSPS) is 13.9. The number of hydrogen-bond acceptors (Lipinski definition) is 5. The lowest BCUT2D eigenvalue weighted by Crippen LogP contribution is -2.38. The zero-order chi connectivity index (χ0) is 16.1. The molecule has 0 aromatic heterocycles. The fourth-order valence-electron chi connectivity index (χ4n) is 2.27. The second kappa shape index (κ2) is 7.00. The Kier molecular flexibility index (Phi) is 5.06. The molecule has 2 rings (SSSR count). The molecule has 1 aromatic rings. The summed E-state index contributed by atoms with van der Waals surface area (Å²) in [4.78, 5) is 36.4. The van der Waals surface area contributed by atoms with E-state index in [-0.39, 0.29) is 23.0 Å². The number of nitrogens with one attached hydrogen (secondary N) is 2. The monoisotopic (exact) mass is 302 g/mol. The minimum Gasteiger partial charge on any atom is -0.385 e. The molecule has 0 fully saturated rings. The van der Waals surface area contributed by atoms with Crippen LogP contribution >= 0.6 is 0 Å². The van der Waals surface area contributed by atoms with Crippen LogP contribution in [0, 0.1) is 0 Å². The maximum Gasteiger partial charge on any atom is 0.221 e. The number of methoxy groups -OCH3 is 1. The van der Waals surface area contributed by atoms with Crippen LogP contribution in [0.25, 0.3) is 0 Å². The molecule has 0 radical (unpaired) electrons. The number of hydrogen-bond donors (Lipinski definition) is 2. The van der Waals surface area contributed by atoms with Gasteiger partial charge in [-0.1, -0.05) is 24.3 Å². The Morgan fingerprint density at radius 2 is 1.68 bits per heavy atom. The number of Topliss-reactive ketones (excluding diaryl/α,β-unsaturated/α-hetero) is 2. The molecule has 0 heterocycles. The first-order valence-electron chi connectivity index (χ1n) is 6.99. The van der Waals surface area contributed by atoms with Gasteiger partial charge in [0.2, 0.25) is 17.5 Å². The van der Waals surface area contributed by atoms with E-state index in [2.05, 4.69) is 10.6 Å². The van der Waals surface area contributed by atoms with Gasteiger partial charge in [0.25, 0.3) is 0 Å². The summed E-state index contributed by atoms with van der Waals surface area (Å²) in [6.07, 6.45) is 0.677. The standard InChI is InChI=1S/C16H18N2O4/c1-10(19)18-14-13(17-8-5-9-22-2)15(20)11-6-3-4-7-12(11)16(14)21/h3-4,6-7,17H,5,8-9H2,1-2H3,(H,18,19). The van der Waals surface area contributed by atoms with Crippen LogP contribution in [0.15, 0.2) is 35.7 Å². The Bertz CT molecular complexity index is 649. The van der Waals surface area contributed by atoms with Gasteiger partial charge in [0.15, 0.2) is 0 Å². The molecule has 0 spiro atoms. The highest BCUT2D eigenvalue weighted by Gasteiger charge is 2.32. The van der Waals surface area contributed by atoms with Gasteiger partial charge in [0.05, 0.1) is 0 Å². The molecule has 0 atom stereocenters. The molecule has 1 aromatic carbocycles. The predicted octanol–water partition coefficient (Wildman–Crippen LogP) is 1.04. The van der Waals surface area contributed by atoms with Crippen LogP contribution in [0.3, 0.4) is 0 Å². The summed E-state index contributed by atoms with van der Waals surface area (Å²) in [5, 5.41) is 5.42. The van der Waals surface area contributed by atoms with Crippen LogP contribution in [-0.2, 0) is 9.53 Å². The van der Waals surface area contributed by atoms with Gasteiger partial charge in [-0.15, -0.1) is 0 Å². The minimum atomic E-state index is -0.397. The summed E-state index contributed by atoms with van der Waals surface area (Å²) in [6, 6.07) is 6.58. The lowest BCUT2D eigenvalue weighted by atomic mass is 9.90. The number of benzene rings is 1. The molecule has 0 saturated heterocycles. The van der Waals surface area contributed by atoms with Crippen molar-refractivity contribution < 1.29 is 19.1 Å². The zero-order valence-corrected chi connectivity index (χ0v) is 12.6. The van der Waals surface area contributed by atoms with Gasteiger partial charge in [-0.25, -0.2) is 0 Å². The molecule has 0 bridgehead atoms. The second-order valence-electron chi connectivity index (χ2n) is 4.91. The summed E-state index contributed by atoms with van der Waals surface area (Å²) in [5.41, 5.74) is 0.790.